The lowest BCUT2D eigenvalue weighted by Crippen LogP contribution is -2.10. The average molecular weight is 350 g/mol. The van der Waals surface area contributed by atoms with E-state index in [-0.39, 0.29) is 17.4 Å². The van der Waals surface area contributed by atoms with E-state index in [1.807, 2.05) is 5.38 Å². The summed E-state index contributed by atoms with van der Waals surface area (Å²) in [7, 11) is 0. The molecule has 1 aromatic heterocycles. The van der Waals surface area contributed by atoms with Crippen molar-refractivity contribution >= 4 is 44.7 Å². The number of benzene rings is 1. The maximum atomic E-state index is 12.8. The van der Waals surface area contributed by atoms with E-state index in [9.17, 15) is 9.18 Å². The number of rotatable bonds is 4. The zero-order valence-corrected chi connectivity index (χ0v) is 12.1. The van der Waals surface area contributed by atoms with Crippen LogP contribution < -0.4 is 4.74 Å². The SMILES string of the molecule is O=C(COc1ccc(F)cc1Cl)c1sccc1Br. The van der Waals surface area contributed by atoms with Gasteiger partial charge in [-0.3, -0.25) is 4.79 Å². The van der Waals surface area contributed by atoms with Gasteiger partial charge in [-0.15, -0.1) is 11.3 Å². The summed E-state index contributed by atoms with van der Waals surface area (Å²) >= 11 is 10.4. The molecule has 0 saturated heterocycles. The minimum Gasteiger partial charge on any atom is -0.484 e. The van der Waals surface area contributed by atoms with Crippen LogP contribution >= 0.6 is 38.9 Å². The van der Waals surface area contributed by atoms with Crippen LogP contribution in [0.2, 0.25) is 5.02 Å². The molecule has 0 N–H and O–H groups in total. The van der Waals surface area contributed by atoms with Gasteiger partial charge in [-0.2, -0.15) is 0 Å². The highest BCUT2D eigenvalue weighted by molar-refractivity contribution is 9.10. The summed E-state index contributed by atoms with van der Waals surface area (Å²) in [5.74, 6) is -0.309. The van der Waals surface area contributed by atoms with Crippen molar-refractivity contribution in [1.29, 1.82) is 0 Å². The van der Waals surface area contributed by atoms with Crippen LogP contribution in [0.3, 0.4) is 0 Å². The van der Waals surface area contributed by atoms with Gasteiger partial charge in [-0.25, -0.2) is 4.39 Å². The van der Waals surface area contributed by atoms with Crippen molar-refractivity contribution in [3.63, 3.8) is 0 Å². The number of hydrogen-bond acceptors (Lipinski definition) is 3. The van der Waals surface area contributed by atoms with Crippen LogP contribution in [0.1, 0.15) is 9.67 Å². The molecule has 1 aromatic carbocycles. The molecule has 2 nitrogen and oxygen atoms in total. The minimum absolute atomic E-state index is 0.134. The Balaban J connectivity index is 2.04. The highest BCUT2D eigenvalue weighted by Gasteiger charge is 2.13. The lowest BCUT2D eigenvalue weighted by atomic mass is 10.3. The van der Waals surface area contributed by atoms with Crippen LogP contribution in [0, 0.1) is 5.82 Å². The van der Waals surface area contributed by atoms with Crippen molar-refractivity contribution < 1.29 is 13.9 Å². The number of ether oxygens (including phenoxy) is 1. The second-order valence-corrected chi connectivity index (χ2v) is 5.56. The zero-order valence-electron chi connectivity index (χ0n) is 8.95. The van der Waals surface area contributed by atoms with Crippen molar-refractivity contribution in [1.82, 2.24) is 0 Å². The van der Waals surface area contributed by atoms with Gasteiger partial charge in [0.05, 0.1) is 9.90 Å². The molecule has 0 aliphatic carbocycles. The van der Waals surface area contributed by atoms with Gasteiger partial charge in [0.2, 0.25) is 5.78 Å². The quantitative estimate of drug-likeness (QED) is 0.756. The molecule has 0 radical (unpaired) electrons. The summed E-state index contributed by atoms with van der Waals surface area (Å²) in [5.41, 5.74) is 0. The molecule has 2 rings (SSSR count). The Morgan fingerprint density at radius 1 is 1.44 bits per heavy atom. The van der Waals surface area contributed by atoms with Crippen LogP contribution in [0.4, 0.5) is 4.39 Å². The Hall–Kier alpha value is -0.910. The van der Waals surface area contributed by atoms with E-state index in [1.54, 1.807) is 6.07 Å². The van der Waals surface area contributed by atoms with Crippen LogP contribution in [0.5, 0.6) is 5.75 Å². The number of Topliss-reactive ketones (excluding diaryl/α,β-unsaturated/α-hetero) is 1. The van der Waals surface area contributed by atoms with Gasteiger partial charge < -0.3 is 4.74 Å². The molecule has 94 valence electrons. The fraction of sp³-hybridized carbons (Fsp3) is 0.0833. The lowest BCUT2D eigenvalue weighted by Gasteiger charge is -2.06. The molecule has 0 saturated carbocycles. The predicted molar refractivity (Wildman–Crippen MR) is 73.3 cm³/mol. The average Bonchev–Trinajstić information content (AvgIpc) is 2.74. The molecular formula is C12H7BrClFO2S. The van der Waals surface area contributed by atoms with Crippen LogP contribution in [0.25, 0.3) is 0 Å². The van der Waals surface area contributed by atoms with E-state index in [0.717, 1.165) is 10.5 Å². The number of thiophene rings is 1. The molecule has 0 unspecified atom stereocenters. The first-order chi connectivity index (χ1) is 8.58. The molecule has 0 amide bonds. The molecule has 2 aromatic rings. The Kier molecular flexibility index (Phi) is 4.37. The molecule has 6 heteroatoms. The molecule has 1 heterocycles. The predicted octanol–water partition coefficient (Wildman–Crippen LogP) is 4.56. The third-order valence-electron chi connectivity index (χ3n) is 2.12. The number of carbonyl (C=O) groups is 1. The number of ketones is 1. The standard InChI is InChI=1S/C12H7BrClFO2S/c13-8-3-4-18-12(8)10(16)6-17-11-2-1-7(15)5-9(11)14/h1-5H,6H2. The van der Waals surface area contributed by atoms with Gasteiger partial charge in [0.1, 0.15) is 11.6 Å². The minimum atomic E-state index is -0.445. The number of carbonyl (C=O) groups excluding carboxylic acids is 1. The van der Waals surface area contributed by atoms with E-state index in [2.05, 4.69) is 15.9 Å². The first kappa shape index (κ1) is 13.5. The molecule has 0 spiro atoms. The van der Waals surface area contributed by atoms with Crippen molar-refractivity contribution in [2.24, 2.45) is 0 Å². The van der Waals surface area contributed by atoms with Gasteiger partial charge in [0.25, 0.3) is 0 Å². The molecule has 0 fully saturated rings. The Bertz CT molecular complexity index is 585. The third kappa shape index (κ3) is 3.10. The zero-order chi connectivity index (χ0) is 13.1. The van der Waals surface area contributed by atoms with Gasteiger partial charge in [-0.05, 0) is 45.6 Å². The van der Waals surface area contributed by atoms with Gasteiger partial charge >= 0.3 is 0 Å². The fourth-order valence-electron chi connectivity index (χ4n) is 1.29. The maximum Gasteiger partial charge on any atom is 0.211 e. The smallest absolute Gasteiger partial charge is 0.211 e. The Morgan fingerprint density at radius 3 is 2.83 bits per heavy atom. The lowest BCUT2D eigenvalue weighted by molar-refractivity contribution is 0.0925. The third-order valence-corrected chi connectivity index (χ3v) is 4.30. The van der Waals surface area contributed by atoms with Gasteiger partial charge in [0.15, 0.2) is 6.61 Å². The molecule has 0 aliphatic heterocycles. The molecule has 0 atom stereocenters. The normalized spacial score (nSPS) is 10.4. The van der Waals surface area contributed by atoms with E-state index < -0.39 is 5.82 Å². The van der Waals surface area contributed by atoms with Crippen molar-refractivity contribution in [2.45, 2.75) is 0 Å². The Morgan fingerprint density at radius 2 is 2.22 bits per heavy atom. The summed E-state index contributed by atoms with van der Waals surface area (Å²) < 4.78 is 18.8. The first-order valence-corrected chi connectivity index (χ1v) is 6.97. The van der Waals surface area contributed by atoms with E-state index in [1.165, 1.54) is 23.5 Å². The molecular weight excluding hydrogens is 343 g/mol. The summed E-state index contributed by atoms with van der Waals surface area (Å²) in [5, 5.41) is 1.95. The van der Waals surface area contributed by atoms with Crippen LogP contribution in [-0.2, 0) is 0 Å². The van der Waals surface area contributed by atoms with Crippen molar-refractivity contribution in [2.75, 3.05) is 6.61 Å². The summed E-state index contributed by atoms with van der Waals surface area (Å²) in [6, 6.07) is 5.56. The summed E-state index contributed by atoms with van der Waals surface area (Å²) in [6.45, 7) is -0.134. The van der Waals surface area contributed by atoms with Gasteiger partial charge in [0, 0.05) is 4.47 Å². The number of hydrogen-bond donors (Lipinski definition) is 0. The van der Waals surface area contributed by atoms with Crippen molar-refractivity contribution in [3.8, 4) is 5.75 Å². The summed E-state index contributed by atoms with van der Waals surface area (Å²) in [4.78, 5) is 12.4. The van der Waals surface area contributed by atoms with Crippen LogP contribution in [0.15, 0.2) is 34.1 Å². The van der Waals surface area contributed by atoms with Gasteiger partial charge in [-0.1, -0.05) is 11.6 Å². The maximum absolute atomic E-state index is 12.8. The van der Waals surface area contributed by atoms with Crippen molar-refractivity contribution in [3.05, 3.63) is 49.8 Å². The fourth-order valence-corrected chi connectivity index (χ4v) is 3.04. The van der Waals surface area contributed by atoms with E-state index in [4.69, 9.17) is 16.3 Å². The second-order valence-electron chi connectivity index (χ2n) is 3.38. The first-order valence-electron chi connectivity index (χ1n) is 4.92. The molecule has 0 bridgehead atoms. The second kappa shape index (κ2) is 5.82. The van der Waals surface area contributed by atoms with E-state index in [0.29, 0.717) is 10.6 Å². The molecule has 18 heavy (non-hydrogen) atoms. The highest BCUT2D eigenvalue weighted by Crippen LogP contribution is 2.26. The Labute approximate surface area is 120 Å². The molecule has 0 aliphatic rings. The summed E-state index contributed by atoms with van der Waals surface area (Å²) in [6.07, 6.45) is 0. The monoisotopic (exact) mass is 348 g/mol. The van der Waals surface area contributed by atoms with E-state index >= 15 is 0 Å². The number of halogens is 3. The topological polar surface area (TPSA) is 26.3 Å². The highest BCUT2D eigenvalue weighted by atomic mass is 79.9. The largest absolute Gasteiger partial charge is 0.484 e. The van der Waals surface area contributed by atoms with Crippen LogP contribution in [-0.4, -0.2) is 12.4 Å².